The summed E-state index contributed by atoms with van der Waals surface area (Å²) < 4.78 is 0. The molecule has 0 aliphatic rings. The van der Waals surface area contributed by atoms with Crippen LogP contribution in [0.1, 0.15) is 63.6 Å². The van der Waals surface area contributed by atoms with E-state index < -0.39 is 0 Å². The fourth-order valence-corrected chi connectivity index (χ4v) is 2.28. The molecule has 0 aliphatic heterocycles. The molecule has 0 radical (unpaired) electrons. The van der Waals surface area contributed by atoms with Gasteiger partial charge in [0, 0.05) is 0 Å². The Hall–Kier alpha value is -1.02. The fraction of sp³-hybridized carbons (Fsp3) is 0.625. The van der Waals surface area contributed by atoms with E-state index in [1.807, 2.05) is 0 Å². The summed E-state index contributed by atoms with van der Waals surface area (Å²) in [5.41, 5.74) is 8.97. The first-order valence-electron chi connectivity index (χ1n) is 6.87. The van der Waals surface area contributed by atoms with Crippen LogP contribution in [-0.2, 0) is 11.8 Å². The second-order valence-corrected chi connectivity index (χ2v) is 6.16. The van der Waals surface area contributed by atoms with E-state index in [-0.39, 0.29) is 5.41 Å². The highest BCUT2D eigenvalue weighted by molar-refractivity contribution is 5.48. The van der Waals surface area contributed by atoms with Crippen LogP contribution in [0.4, 0.5) is 0 Å². The molecule has 1 aromatic rings. The average Bonchev–Trinajstić information content (AvgIpc) is 2.28. The predicted molar refractivity (Wildman–Crippen MR) is 78.3 cm³/mol. The topological polar surface area (TPSA) is 46.2 Å². The van der Waals surface area contributed by atoms with Gasteiger partial charge in [-0.05, 0) is 47.4 Å². The monoisotopic (exact) mass is 249 g/mol. The van der Waals surface area contributed by atoms with E-state index in [0.29, 0.717) is 18.2 Å². The molecule has 0 bridgehead atoms. The van der Waals surface area contributed by atoms with Gasteiger partial charge < -0.3 is 10.8 Å². The number of rotatable bonds is 4. The molecule has 1 unspecified atom stereocenters. The summed E-state index contributed by atoms with van der Waals surface area (Å²) in [5.74, 6) is 0.767. The normalized spacial score (nSPS) is 13.7. The number of benzene rings is 1. The summed E-state index contributed by atoms with van der Waals surface area (Å²) in [6, 6.07) is 4.26. The van der Waals surface area contributed by atoms with Crippen LogP contribution < -0.4 is 5.73 Å². The van der Waals surface area contributed by atoms with Crippen molar-refractivity contribution in [3.63, 3.8) is 0 Å². The van der Waals surface area contributed by atoms with Crippen LogP contribution >= 0.6 is 0 Å². The quantitative estimate of drug-likeness (QED) is 0.854. The molecular weight excluding hydrogens is 222 g/mol. The Morgan fingerprint density at radius 3 is 2.33 bits per heavy atom. The number of aryl methyl sites for hydroxylation is 1. The van der Waals surface area contributed by atoms with E-state index >= 15 is 0 Å². The van der Waals surface area contributed by atoms with Crippen molar-refractivity contribution in [2.24, 2.45) is 5.73 Å². The van der Waals surface area contributed by atoms with Gasteiger partial charge in [0.25, 0.3) is 0 Å². The third kappa shape index (κ3) is 3.26. The van der Waals surface area contributed by atoms with Crippen molar-refractivity contribution in [2.45, 2.75) is 58.8 Å². The zero-order valence-electron chi connectivity index (χ0n) is 12.4. The SMILES string of the molecule is CCc1cc(C(C)CCN)c(O)c(C(C)(C)C)c1. The van der Waals surface area contributed by atoms with Gasteiger partial charge in [0.15, 0.2) is 0 Å². The molecule has 0 spiro atoms. The third-order valence-electron chi connectivity index (χ3n) is 3.55. The number of phenolic OH excluding ortho intramolecular Hbond substituents is 1. The van der Waals surface area contributed by atoms with Gasteiger partial charge in [-0.2, -0.15) is 0 Å². The minimum Gasteiger partial charge on any atom is -0.507 e. The minimum absolute atomic E-state index is 0.0353. The van der Waals surface area contributed by atoms with Crippen molar-refractivity contribution in [1.82, 2.24) is 0 Å². The summed E-state index contributed by atoms with van der Waals surface area (Å²) in [7, 11) is 0. The fourth-order valence-electron chi connectivity index (χ4n) is 2.28. The van der Waals surface area contributed by atoms with Crippen LogP contribution in [0.15, 0.2) is 12.1 Å². The van der Waals surface area contributed by atoms with E-state index in [9.17, 15) is 5.11 Å². The molecule has 0 saturated carbocycles. The highest BCUT2D eigenvalue weighted by Gasteiger charge is 2.22. The highest BCUT2D eigenvalue weighted by atomic mass is 16.3. The number of hydrogen-bond donors (Lipinski definition) is 2. The molecule has 1 atom stereocenters. The lowest BCUT2D eigenvalue weighted by atomic mass is 9.81. The van der Waals surface area contributed by atoms with E-state index in [1.54, 1.807) is 0 Å². The van der Waals surface area contributed by atoms with Gasteiger partial charge in [-0.15, -0.1) is 0 Å². The molecular formula is C16H27NO. The molecule has 0 saturated heterocycles. The molecule has 18 heavy (non-hydrogen) atoms. The van der Waals surface area contributed by atoms with Gasteiger partial charge in [0.2, 0.25) is 0 Å². The van der Waals surface area contributed by atoms with Crippen molar-refractivity contribution < 1.29 is 5.11 Å². The second kappa shape index (κ2) is 5.75. The summed E-state index contributed by atoms with van der Waals surface area (Å²) in [5, 5.41) is 10.5. The summed E-state index contributed by atoms with van der Waals surface area (Å²) >= 11 is 0. The standard InChI is InChI=1S/C16H27NO/c1-6-12-9-13(11(2)7-8-17)15(18)14(10-12)16(3,4)5/h9-11,18H,6-8,17H2,1-5H3. The maximum absolute atomic E-state index is 10.5. The number of aromatic hydroxyl groups is 1. The third-order valence-corrected chi connectivity index (χ3v) is 3.55. The van der Waals surface area contributed by atoms with Crippen molar-refractivity contribution in [3.8, 4) is 5.75 Å². The van der Waals surface area contributed by atoms with Gasteiger partial charge >= 0.3 is 0 Å². The first-order chi connectivity index (χ1) is 8.31. The predicted octanol–water partition coefficient (Wildman–Crippen LogP) is 3.70. The Morgan fingerprint density at radius 1 is 1.28 bits per heavy atom. The molecule has 0 aliphatic carbocycles. The van der Waals surface area contributed by atoms with Gasteiger partial charge in [-0.1, -0.05) is 46.8 Å². The number of nitrogens with two attached hydrogens (primary N) is 1. The van der Waals surface area contributed by atoms with Crippen LogP contribution in [0.3, 0.4) is 0 Å². The lowest BCUT2D eigenvalue weighted by Gasteiger charge is -2.25. The summed E-state index contributed by atoms with van der Waals surface area (Å²) in [6.45, 7) is 11.3. The molecule has 0 aromatic heterocycles. The summed E-state index contributed by atoms with van der Waals surface area (Å²) in [4.78, 5) is 0. The lowest BCUT2D eigenvalue weighted by molar-refractivity contribution is 0.434. The molecule has 102 valence electrons. The Balaban J connectivity index is 3.34. The largest absolute Gasteiger partial charge is 0.507 e. The zero-order valence-corrected chi connectivity index (χ0v) is 12.4. The van der Waals surface area contributed by atoms with Crippen molar-refractivity contribution in [3.05, 3.63) is 28.8 Å². The van der Waals surface area contributed by atoms with Gasteiger partial charge in [-0.25, -0.2) is 0 Å². The number of hydrogen-bond acceptors (Lipinski definition) is 2. The maximum Gasteiger partial charge on any atom is 0.122 e. The molecule has 1 rings (SSSR count). The highest BCUT2D eigenvalue weighted by Crippen LogP contribution is 2.38. The Labute approximate surface area is 111 Å². The van der Waals surface area contributed by atoms with Crippen LogP contribution in [0.25, 0.3) is 0 Å². The van der Waals surface area contributed by atoms with Crippen LogP contribution in [0.2, 0.25) is 0 Å². The van der Waals surface area contributed by atoms with Crippen LogP contribution in [-0.4, -0.2) is 11.7 Å². The molecule has 3 N–H and O–H groups in total. The van der Waals surface area contributed by atoms with Gasteiger partial charge in [0.05, 0.1) is 0 Å². The molecule has 1 aromatic carbocycles. The van der Waals surface area contributed by atoms with Crippen molar-refractivity contribution >= 4 is 0 Å². The molecule has 2 heteroatoms. The van der Waals surface area contributed by atoms with E-state index in [2.05, 4.69) is 46.8 Å². The first-order valence-corrected chi connectivity index (χ1v) is 6.87. The van der Waals surface area contributed by atoms with Crippen LogP contribution in [0.5, 0.6) is 5.75 Å². The Bertz CT molecular complexity index is 404. The molecule has 0 heterocycles. The Kier molecular flexibility index (Phi) is 4.80. The van der Waals surface area contributed by atoms with E-state index in [1.165, 1.54) is 5.56 Å². The van der Waals surface area contributed by atoms with Crippen molar-refractivity contribution in [2.75, 3.05) is 6.54 Å². The van der Waals surface area contributed by atoms with E-state index in [4.69, 9.17) is 5.73 Å². The average molecular weight is 249 g/mol. The molecule has 2 nitrogen and oxygen atoms in total. The molecule has 0 fully saturated rings. The smallest absolute Gasteiger partial charge is 0.122 e. The second-order valence-electron chi connectivity index (χ2n) is 6.16. The minimum atomic E-state index is -0.0353. The van der Waals surface area contributed by atoms with Crippen LogP contribution in [0, 0.1) is 0 Å². The maximum atomic E-state index is 10.5. The van der Waals surface area contributed by atoms with Crippen molar-refractivity contribution in [1.29, 1.82) is 0 Å². The zero-order chi connectivity index (χ0) is 13.9. The lowest BCUT2D eigenvalue weighted by Crippen LogP contribution is -2.14. The molecule has 0 amide bonds. The van der Waals surface area contributed by atoms with E-state index in [0.717, 1.165) is 24.0 Å². The van der Waals surface area contributed by atoms with Gasteiger partial charge in [0.1, 0.15) is 5.75 Å². The first kappa shape index (κ1) is 15.0. The summed E-state index contributed by atoms with van der Waals surface area (Å²) in [6.07, 6.45) is 1.90. The van der Waals surface area contributed by atoms with Gasteiger partial charge in [-0.3, -0.25) is 0 Å². The Morgan fingerprint density at radius 2 is 1.89 bits per heavy atom. The number of phenols is 1.